The highest BCUT2D eigenvalue weighted by Gasteiger charge is 2.14. The highest BCUT2D eigenvalue weighted by molar-refractivity contribution is 5.91. The number of carbonyl (C=O) groups is 2. The summed E-state index contributed by atoms with van der Waals surface area (Å²) in [5.74, 6) is 0.508. The van der Waals surface area contributed by atoms with Crippen molar-refractivity contribution in [1.29, 1.82) is 0 Å². The molecular weight excluding hydrogens is 348 g/mol. The van der Waals surface area contributed by atoms with Gasteiger partial charge in [0.05, 0.1) is 12.7 Å². The molecule has 0 aliphatic carbocycles. The van der Waals surface area contributed by atoms with E-state index in [2.05, 4.69) is 6.58 Å². The first kappa shape index (κ1) is 20.0. The molecule has 0 spiro atoms. The van der Waals surface area contributed by atoms with Crippen LogP contribution in [0.4, 0.5) is 0 Å². The smallest absolute Gasteiger partial charge is 0.343 e. The molecule has 0 aliphatic heterocycles. The van der Waals surface area contributed by atoms with E-state index in [-0.39, 0.29) is 0 Å². The van der Waals surface area contributed by atoms with E-state index >= 15 is 0 Å². The van der Waals surface area contributed by atoms with Crippen molar-refractivity contribution in [2.24, 2.45) is 0 Å². The summed E-state index contributed by atoms with van der Waals surface area (Å²) in [5.41, 5.74) is 0.412. The average Bonchev–Trinajstić information content (AvgIpc) is 2.69. The number of ether oxygens (including phenoxy) is 4. The molecule has 0 aliphatic rings. The minimum atomic E-state index is -0.701. The Morgan fingerprint density at radius 1 is 1.00 bits per heavy atom. The second-order valence-electron chi connectivity index (χ2n) is 5.57. The fourth-order valence-corrected chi connectivity index (χ4v) is 2.19. The monoisotopic (exact) mass is 370 g/mol. The van der Waals surface area contributed by atoms with Crippen molar-refractivity contribution >= 4 is 11.9 Å². The van der Waals surface area contributed by atoms with E-state index in [1.54, 1.807) is 55.6 Å². The standard InChI is InChI=1S/C21H22O6/c1-4-6-20(27-19(22)5-2)25-17-11-13-18(14-12-17)26-21(23)15-7-9-16(24-3)10-8-15/h5,7-14,20H,2,4,6H2,1,3H3. The van der Waals surface area contributed by atoms with Gasteiger partial charge in [-0.1, -0.05) is 13.5 Å². The molecule has 2 rings (SSSR count). The quantitative estimate of drug-likeness (QED) is 0.286. The first-order valence-corrected chi connectivity index (χ1v) is 8.51. The molecule has 27 heavy (non-hydrogen) atoms. The van der Waals surface area contributed by atoms with Crippen molar-refractivity contribution in [2.75, 3.05) is 7.11 Å². The highest BCUT2D eigenvalue weighted by atomic mass is 16.7. The molecule has 0 bridgehead atoms. The fourth-order valence-electron chi connectivity index (χ4n) is 2.19. The lowest BCUT2D eigenvalue weighted by Crippen LogP contribution is -2.23. The van der Waals surface area contributed by atoms with Gasteiger partial charge in [0.2, 0.25) is 6.29 Å². The van der Waals surface area contributed by atoms with Gasteiger partial charge in [-0.2, -0.15) is 0 Å². The van der Waals surface area contributed by atoms with Crippen molar-refractivity contribution in [3.63, 3.8) is 0 Å². The maximum atomic E-state index is 12.2. The Balaban J connectivity index is 1.97. The highest BCUT2D eigenvalue weighted by Crippen LogP contribution is 2.21. The number of benzene rings is 2. The summed E-state index contributed by atoms with van der Waals surface area (Å²) >= 11 is 0. The zero-order valence-corrected chi connectivity index (χ0v) is 15.3. The second-order valence-corrected chi connectivity index (χ2v) is 5.57. The van der Waals surface area contributed by atoms with Crippen molar-refractivity contribution in [1.82, 2.24) is 0 Å². The maximum Gasteiger partial charge on any atom is 0.343 e. The molecule has 0 saturated carbocycles. The number of esters is 2. The number of methoxy groups -OCH3 is 1. The lowest BCUT2D eigenvalue weighted by Gasteiger charge is -2.18. The van der Waals surface area contributed by atoms with E-state index < -0.39 is 18.2 Å². The molecule has 0 fully saturated rings. The first-order valence-electron chi connectivity index (χ1n) is 8.51. The minimum absolute atomic E-state index is 0.373. The van der Waals surface area contributed by atoms with E-state index in [0.717, 1.165) is 12.5 Å². The Hall–Kier alpha value is -3.28. The van der Waals surface area contributed by atoms with E-state index in [9.17, 15) is 9.59 Å². The third-order valence-electron chi connectivity index (χ3n) is 3.57. The summed E-state index contributed by atoms with van der Waals surface area (Å²) in [6, 6.07) is 13.1. The molecular formula is C21H22O6. The lowest BCUT2D eigenvalue weighted by molar-refractivity contribution is -0.158. The summed E-state index contributed by atoms with van der Waals surface area (Å²) in [6.07, 6.45) is 1.72. The Labute approximate surface area is 158 Å². The zero-order valence-electron chi connectivity index (χ0n) is 15.3. The van der Waals surface area contributed by atoms with Crippen LogP contribution in [0.2, 0.25) is 0 Å². The van der Waals surface area contributed by atoms with Gasteiger partial charge in [-0.25, -0.2) is 9.59 Å². The molecule has 0 radical (unpaired) electrons. The number of rotatable bonds is 9. The van der Waals surface area contributed by atoms with E-state index in [4.69, 9.17) is 18.9 Å². The van der Waals surface area contributed by atoms with Crippen LogP contribution >= 0.6 is 0 Å². The molecule has 0 aromatic heterocycles. The number of hydrogen-bond donors (Lipinski definition) is 0. The molecule has 1 atom stereocenters. The second kappa shape index (κ2) is 10.0. The molecule has 2 aromatic carbocycles. The Morgan fingerprint density at radius 3 is 2.15 bits per heavy atom. The molecule has 2 aromatic rings. The average molecular weight is 370 g/mol. The molecule has 0 amide bonds. The van der Waals surface area contributed by atoms with Gasteiger partial charge in [0.25, 0.3) is 0 Å². The van der Waals surface area contributed by atoms with Gasteiger partial charge in [0.15, 0.2) is 0 Å². The normalized spacial score (nSPS) is 11.2. The Kier molecular flexibility index (Phi) is 7.43. The minimum Gasteiger partial charge on any atom is -0.497 e. The summed E-state index contributed by atoms with van der Waals surface area (Å²) < 4.78 is 21.2. The van der Waals surface area contributed by atoms with Crippen LogP contribution in [0.1, 0.15) is 30.1 Å². The van der Waals surface area contributed by atoms with E-state index in [1.807, 2.05) is 6.92 Å². The third-order valence-corrected chi connectivity index (χ3v) is 3.57. The molecule has 0 N–H and O–H groups in total. The predicted octanol–water partition coefficient (Wildman–Crippen LogP) is 4.15. The van der Waals surface area contributed by atoms with Gasteiger partial charge in [0, 0.05) is 12.5 Å². The molecule has 6 heteroatoms. The molecule has 0 saturated heterocycles. The van der Waals surface area contributed by atoms with Gasteiger partial charge in [-0.05, 0) is 55.0 Å². The van der Waals surface area contributed by atoms with Crippen molar-refractivity contribution in [3.8, 4) is 17.2 Å². The lowest BCUT2D eigenvalue weighted by atomic mass is 10.2. The Bertz CT molecular complexity index is 764. The SMILES string of the molecule is C=CC(=O)OC(CCC)Oc1ccc(OC(=O)c2ccc(OC)cc2)cc1. The van der Waals surface area contributed by atoms with Gasteiger partial charge in [0.1, 0.15) is 17.2 Å². The van der Waals surface area contributed by atoms with Crippen LogP contribution < -0.4 is 14.2 Å². The zero-order chi connectivity index (χ0) is 19.6. The van der Waals surface area contributed by atoms with Crippen molar-refractivity contribution in [2.45, 2.75) is 26.1 Å². The van der Waals surface area contributed by atoms with Crippen LogP contribution in [-0.4, -0.2) is 25.3 Å². The van der Waals surface area contributed by atoms with Gasteiger partial charge in [-0.3, -0.25) is 0 Å². The Morgan fingerprint density at radius 2 is 1.59 bits per heavy atom. The van der Waals surface area contributed by atoms with Gasteiger partial charge >= 0.3 is 11.9 Å². The van der Waals surface area contributed by atoms with Crippen LogP contribution in [-0.2, 0) is 9.53 Å². The molecule has 0 heterocycles. The van der Waals surface area contributed by atoms with E-state index in [1.165, 1.54) is 0 Å². The van der Waals surface area contributed by atoms with Crippen LogP contribution in [0.5, 0.6) is 17.2 Å². The summed E-state index contributed by atoms with van der Waals surface area (Å²) in [7, 11) is 1.56. The largest absolute Gasteiger partial charge is 0.497 e. The van der Waals surface area contributed by atoms with E-state index in [0.29, 0.717) is 29.2 Å². The fraction of sp³-hybridized carbons (Fsp3) is 0.238. The molecule has 142 valence electrons. The summed E-state index contributed by atoms with van der Waals surface area (Å²) in [6.45, 7) is 5.33. The van der Waals surface area contributed by atoms with Crippen LogP contribution in [0.25, 0.3) is 0 Å². The molecule has 6 nitrogen and oxygen atoms in total. The van der Waals surface area contributed by atoms with Crippen molar-refractivity contribution < 1.29 is 28.5 Å². The van der Waals surface area contributed by atoms with Crippen molar-refractivity contribution in [3.05, 3.63) is 66.7 Å². The van der Waals surface area contributed by atoms with Crippen LogP contribution in [0, 0.1) is 0 Å². The van der Waals surface area contributed by atoms with Gasteiger partial charge in [-0.15, -0.1) is 0 Å². The number of hydrogen-bond acceptors (Lipinski definition) is 6. The number of carbonyl (C=O) groups excluding carboxylic acids is 2. The summed E-state index contributed by atoms with van der Waals surface area (Å²) in [5, 5.41) is 0. The third kappa shape index (κ3) is 6.18. The topological polar surface area (TPSA) is 71.1 Å². The molecule has 1 unspecified atom stereocenters. The summed E-state index contributed by atoms with van der Waals surface area (Å²) in [4.78, 5) is 23.5. The van der Waals surface area contributed by atoms with Crippen LogP contribution in [0.15, 0.2) is 61.2 Å². The van der Waals surface area contributed by atoms with Gasteiger partial charge < -0.3 is 18.9 Å². The maximum absolute atomic E-state index is 12.2. The van der Waals surface area contributed by atoms with Crippen LogP contribution in [0.3, 0.4) is 0 Å². The first-order chi connectivity index (χ1) is 13.0. The predicted molar refractivity (Wildman–Crippen MR) is 100 cm³/mol.